The van der Waals surface area contributed by atoms with E-state index in [1.165, 1.54) is 23.3 Å². The molecule has 1 N–H and O–H groups in total. The van der Waals surface area contributed by atoms with E-state index in [9.17, 15) is 18.0 Å². The Bertz CT molecular complexity index is 1360. The summed E-state index contributed by atoms with van der Waals surface area (Å²) >= 11 is 0. The van der Waals surface area contributed by atoms with Crippen molar-refractivity contribution >= 4 is 26.6 Å². The van der Waals surface area contributed by atoms with Crippen LogP contribution in [-0.4, -0.2) is 52.2 Å². The molecule has 0 saturated heterocycles. The summed E-state index contributed by atoms with van der Waals surface area (Å²) in [7, 11) is -1.66. The molecule has 0 aliphatic heterocycles. The fraction of sp³-hybridized carbons (Fsp3) is 0.667. The fourth-order valence-electron chi connectivity index (χ4n) is 6.21. The molecule has 2 aromatic rings. The second-order valence-electron chi connectivity index (χ2n) is 10.9. The lowest BCUT2D eigenvalue weighted by atomic mass is 9.61. The topological polar surface area (TPSA) is 120 Å². The van der Waals surface area contributed by atoms with Gasteiger partial charge in [0.2, 0.25) is 0 Å². The number of nitrogens with one attached hydrogen (secondary N) is 1. The zero-order chi connectivity index (χ0) is 23.9. The Hall–Kier alpha value is -2.49. The lowest BCUT2D eigenvalue weighted by Gasteiger charge is -2.46. The molecule has 5 saturated carbocycles. The molecule has 9 nitrogen and oxygen atoms in total. The highest BCUT2D eigenvalue weighted by atomic mass is 32.2. The number of carbonyl (C=O) groups is 1. The van der Waals surface area contributed by atoms with Crippen molar-refractivity contribution in [3.8, 4) is 5.88 Å². The van der Waals surface area contributed by atoms with Gasteiger partial charge >= 0.3 is 0 Å². The standard InChI is InChI=1S/C24H30N4O5S/c1-14-15-5-6-23(14,10-15)12-25-20(29)18-9-16-11-26-27-21(19(16)28(2)22(18)30)33-13-24(7-8-24)34(31,32)17-3-4-17/h9,11,14-15,17H,3-8,10,12-13H2,1-2H3,(H,25,29)/t14-,15?,23?/m0/s1. The highest BCUT2D eigenvalue weighted by Gasteiger charge is 2.60. The van der Waals surface area contributed by atoms with Gasteiger partial charge in [0, 0.05) is 19.0 Å². The molecule has 0 aromatic carbocycles. The monoisotopic (exact) mass is 486 g/mol. The molecule has 7 rings (SSSR count). The highest BCUT2D eigenvalue weighted by Crippen LogP contribution is 2.62. The number of rotatable bonds is 8. The zero-order valence-corrected chi connectivity index (χ0v) is 20.4. The first-order valence-electron chi connectivity index (χ1n) is 12.2. The minimum Gasteiger partial charge on any atom is -0.473 e. The summed E-state index contributed by atoms with van der Waals surface area (Å²) in [4.78, 5) is 26.1. The van der Waals surface area contributed by atoms with Crippen molar-refractivity contribution in [3.05, 3.63) is 28.2 Å². The maximum Gasteiger partial charge on any atom is 0.263 e. The van der Waals surface area contributed by atoms with Gasteiger partial charge in [0.1, 0.15) is 22.4 Å². The number of pyridine rings is 1. The third-order valence-corrected chi connectivity index (χ3v) is 12.1. The molecule has 5 fully saturated rings. The fourth-order valence-corrected chi connectivity index (χ4v) is 8.57. The third-order valence-electron chi connectivity index (χ3n) is 9.04. The number of ether oxygens (including phenoxy) is 1. The second-order valence-corrected chi connectivity index (χ2v) is 13.6. The largest absolute Gasteiger partial charge is 0.473 e. The summed E-state index contributed by atoms with van der Waals surface area (Å²) in [5.74, 6) is 1.11. The summed E-state index contributed by atoms with van der Waals surface area (Å²) in [5.41, 5.74) is 0.190. The smallest absolute Gasteiger partial charge is 0.263 e. The van der Waals surface area contributed by atoms with Gasteiger partial charge in [-0.3, -0.25) is 9.59 Å². The minimum atomic E-state index is -3.23. The number of amides is 1. The maximum absolute atomic E-state index is 13.1. The van der Waals surface area contributed by atoms with Crippen LogP contribution in [0.3, 0.4) is 0 Å². The molecule has 10 heteroatoms. The summed E-state index contributed by atoms with van der Waals surface area (Å²) < 4.78 is 32.0. The van der Waals surface area contributed by atoms with E-state index in [1.807, 2.05) is 0 Å². The maximum atomic E-state index is 13.1. The molecule has 0 spiro atoms. The van der Waals surface area contributed by atoms with Gasteiger partial charge < -0.3 is 14.6 Å². The number of fused-ring (bicyclic) bond motifs is 2. The predicted molar refractivity (Wildman–Crippen MR) is 125 cm³/mol. The van der Waals surface area contributed by atoms with E-state index in [0.29, 0.717) is 36.2 Å². The zero-order valence-electron chi connectivity index (χ0n) is 19.5. The van der Waals surface area contributed by atoms with Crippen LogP contribution in [0.5, 0.6) is 5.88 Å². The van der Waals surface area contributed by atoms with E-state index in [-0.39, 0.29) is 34.6 Å². The Labute approximate surface area is 198 Å². The first-order chi connectivity index (χ1) is 16.2. The minimum absolute atomic E-state index is 0.00266. The van der Waals surface area contributed by atoms with Gasteiger partial charge in [-0.2, -0.15) is 5.10 Å². The number of hydrogen-bond acceptors (Lipinski definition) is 7. The van der Waals surface area contributed by atoms with Crippen LogP contribution in [0.4, 0.5) is 0 Å². The number of aromatic nitrogens is 3. The van der Waals surface area contributed by atoms with Crippen molar-refractivity contribution in [2.75, 3.05) is 13.2 Å². The van der Waals surface area contributed by atoms with Gasteiger partial charge in [0.25, 0.3) is 17.3 Å². The average Bonchev–Trinajstić information content (AvgIpc) is 3.75. The van der Waals surface area contributed by atoms with E-state index in [2.05, 4.69) is 22.4 Å². The molecule has 2 aromatic heterocycles. The van der Waals surface area contributed by atoms with Crippen molar-refractivity contribution in [2.24, 2.45) is 24.3 Å². The van der Waals surface area contributed by atoms with Crippen LogP contribution in [0.25, 0.3) is 10.9 Å². The lowest BCUT2D eigenvalue weighted by molar-refractivity contribution is 0.0441. The second kappa shape index (κ2) is 7.26. The summed E-state index contributed by atoms with van der Waals surface area (Å²) in [6.07, 6.45) is 7.58. The summed E-state index contributed by atoms with van der Waals surface area (Å²) in [5, 5.41) is 11.3. The van der Waals surface area contributed by atoms with E-state index in [4.69, 9.17) is 4.74 Å². The number of carbonyl (C=O) groups excluding carboxylic acids is 1. The van der Waals surface area contributed by atoms with Crippen LogP contribution >= 0.6 is 0 Å². The van der Waals surface area contributed by atoms with Crippen molar-refractivity contribution in [2.45, 2.75) is 61.9 Å². The van der Waals surface area contributed by atoms with Crippen molar-refractivity contribution in [1.82, 2.24) is 20.1 Å². The van der Waals surface area contributed by atoms with Crippen molar-refractivity contribution in [1.29, 1.82) is 0 Å². The molecule has 0 radical (unpaired) electrons. The summed E-state index contributed by atoms with van der Waals surface area (Å²) in [6.45, 7) is 2.84. The molecule has 34 heavy (non-hydrogen) atoms. The van der Waals surface area contributed by atoms with E-state index in [0.717, 1.165) is 31.6 Å². The van der Waals surface area contributed by atoms with Crippen molar-refractivity contribution in [3.63, 3.8) is 0 Å². The first-order valence-corrected chi connectivity index (χ1v) is 13.7. The lowest BCUT2D eigenvalue weighted by Crippen LogP contribution is -2.47. The molecule has 2 heterocycles. The Kier molecular flexibility index (Phi) is 4.70. The molecule has 182 valence electrons. The molecule has 3 atom stereocenters. The van der Waals surface area contributed by atoms with Gasteiger partial charge in [-0.25, -0.2) is 8.42 Å². The van der Waals surface area contributed by atoms with Crippen LogP contribution in [0.2, 0.25) is 0 Å². The van der Waals surface area contributed by atoms with E-state index >= 15 is 0 Å². The molecule has 5 aliphatic carbocycles. The number of hydrogen-bond donors (Lipinski definition) is 1. The highest BCUT2D eigenvalue weighted by molar-refractivity contribution is 7.94. The Morgan fingerprint density at radius 2 is 2.03 bits per heavy atom. The van der Waals surface area contributed by atoms with Crippen LogP contribution in [-0.2, 0) is 16.9 Å². The number of aryl methyl sites for hydroxylation is 1. The van der Waals surface area contributed by atoms with Crippen LogP contribution in [0.15, 0.2) is 17.1 Å². The molecular formula is C24H30N4O5S. The van der Waals surface area contributed by atoms with Gasteiger partial charge in [0.15, 0.2) is 9.84 Å². The molecule has 2 bridgehead atoms. The van der Waals surface area contributed by atoms with E-state index in [1.54, 1.807) is 7.05 Å². The van der Waals surface area contributed by atoms with Gasteiger partial charge in [-0.1, -0.05) is 6.92 Å². The first kappa shape index (κ1) is 22.0. The van der Waals surface area contributed by atoms with Gasteiger partial charge in [-0.05, 0) is 68.3 Å². The SMILES string of the molecule is C[C@H]1C2CCC1(CNC(=O)c1cc3cnnc(OCC4(S(=O)(=O)C5CC5)CC4)c3n(C)c1=O)C2. The van der Waals surface area contributed by atoms with Crippen LogP contribution in [0.1, 0.15) is 62.2 Å². The third kappa shape index (κ3) is 3.13. The summed E-state index contributed by atoms with van der Waals surface area (Å²) in [6, 6.07) is 1.53. The predicted octanol–water partition coefficient (Wildman–Crippen LogP) is 1.98. The molecule has 2 unspecified atom stereocenters. The number of nitrogens with zero attached hydrogens (tertiary/aromatic N) is 3. The Balaban J connectivity index is 1.24. The van der Waals surface area contributed by atoms with Crippen LogP contribution in [0, 0.1) is 17.3 Å². The average molecular weight is 487 g/mol. The van der Waals surface area contributed by atoms with Crippen LogP contribution < -0.4 is 15.6 Å². The van der Waals surface area contributed by atoms with Gasteiger partial charge in [0.05, 0.1) is 11.4 Å². The number of sulfone groups is 1. The molecular weight excluding hydrogens is 456 g/mol. The van der Waals surface area contributed by atoms with E-state index < -0.39 is 20.1 Å². The van der Waals surface area contributed by atoms with Crippen molar-refractivity contribution < 1.29 is 17.9 Å². The Morgan fingerprint density at radius 1 is 1.26 bits per heavy atom. The molecule has 5 aliphatic rings. The normalized spacial score (nSPS) is 29.0. The quantitative estimate of drug-likeness (QED) is 0.606. The Morgan fingerprint density at radius 3 is 2.65 bits per heavy atom. The van der Waals surface area contributed by atoms with Gasteiger partial charge in [-0.15, -0.1) is 5.10 Å². The molecule has 1 amide bonds.